The van der Waals surface area contributed by atoms with Crippen molar-refractivity contribution in [2.75, 3.05) is 0 Å². The van der Waals surface area contributed by atoms with E-state index in [0.29, 0.717) is 16.7 Å². The first kappa shape index (κ1) is 10.2. The molecule has 0 saturated heterocycles. The Kier molecular flexibility index (Phi) is 1.82. The number of nitrogens with one attached hydrogen (secondary N) is 1. The lowest BCUT2D eigenvalue weighted by Gasteiger charge is -2.14. The Balaban J connectivity index is 2.29. The molecule has 0 radical (unpaired) electrons. The molecule has 0 bridgehead atoms. The number of benzene rings is 2. The van der Waals surface area contributed by atoms with Crippen LogP contribution in [0.3, 0.4) is 0 Å². The largest absolute Gasteiger partial charge is 0.436 e. The number of carbonyl (C=O) groups excluding carboxylic acids is 1. The first-order valence-corrected chi connectivity index (χ1v) is 5.88. The van der Waals surface area contributed by atoms with E-state index in [1.54, 1.807) is 24.3 Å². The van der Waals surface area contributed by atoms with Gasteiger partial charge in [-0.25, -0.2) is 5.53 Å². The molecule has 1 heterocycles. The van der Waals surface area contributed by atoms with Crippen molar-refractivity contribution in [3.63, 3.8) is 0 Å². The molecule has 1 aliphatic carbocycles. The summed E-state index contributed by atoms with van der Waals surface area (Å²) in [5.41, 5.74) is 10.6. The lowest BCUT2D eigenvalue weighted by Crippen LogP contribution is -2.08. The highest BCUT2D eigenvalue weighted by molar-refractivity contribution is 6.26. The second kappa shape index (κ2) is 3.38. The van der Waals surface area contributed by atoms with Crippen LogP contribution < -0.4 is 0 Å². The molecule has 90 valence electrons. The second-order valence-corrected chi connectivity index (χ2v) is 4.45. The highest BCUT2D eigenvalue weighted by Gasteiger charge is 2.29. The van der Waals surface area contributed by atoms with E-state index in [4.69, 9.17) is 9.95 Å². The van der Waals surface area contributed by atoms with Gasteiger partial charge >= 0.3 is 0 Å². The van der Waals surface area contributed by atoms with Crippen molar-refractivity contribution in [1.82, 2.24) is 0 Å². The third kappa shape index (κ3) is 1.15. The van der Waals surface area contributed by atoms with Crippen LogP contribution in [0.2, 0.25) is 0 Å². The fraction of sp³-hybridized carbons (Fsp3) is 0. The first-order chi connectivity index (χ1) is 9.31. The smallest absolute Gasteiger partial charge is 0.246 e. The topological polar surface area (TPSA) is 66.4 Å². The van der Waals surface area contributed by atoms with Gasteiger partial charge in [-0.2, -0.15) is 0 Å². The Morgan fingerprint density at radius 2 is 1.68 bits per heavy atom. The number of carbonyl (C=O) groups is 1. The molecule has 0 saturated carbocycles. The molecule has 3 aromatic rings. The maximum Gasteiger partial charge on any atom is 0.246 e. The zero-order valence-electron chi connectivity index (χ0n) is 9.81. The van der Waals surface area contributed by atoms with E-state index in [2.05, 4.69) is 5.11 Å². The fourth-order valence-corrected chi connectivity index (χ4v) is 2.70. The highest BCUT2D eigenvalue weighted by Crippen LogP contribution is 2.46. The van der Waals surface area contributed by atoms with Gasteiger partial charge in [0.1, 0.15) is 5.58 Å². The van der Waals surface area contributed by atoms with E-state index in [1.807, 2.05) is 18.2 Å². The van der Waals surface area contributed by atoms with E-state index in [0.717, 1.165) is 16.5 Å². The summed E-state index contributed by atoms with van der Waals surface area (Å²) in [7, 11) is 0. The van der Waals surface area contributed by atoms with Crippen molar-refractivity contribution >= 4 is 22.6 Å². The van der Waals surface area contributed by atoms with E-state index < -0.39 is 0 Å². The number of ketones is 1. The van der Waals surface area contributed by atoms with Crippen molar-refractivity contribution in [2.45, 2.75) is 0 Å². The molecule has 1 aromatic heterocycles. The third-order valence-corrected chi connectivity index (χ3v) is 3.48. The molecule has 0 fully saturated rings. The summed E-state index contributed by atoms with van der Waals surface area (Å²) >= 11 is 0. The molecular formula is C15H8N2O2. The van der Waals surface area contributed by atoms with Crippen LogP contribution in [0, 0.1) is 5.53 Å². The Hall–Kier alpha value is -2.75. The minimum atomic E-state index is -0.00830. The summed E-state index contributed by atoms with van der Waals surface area (Å²) in [6.45, 7) is 0. The number of rotatable bonds is 1. The summed E-state index contributed by atoms with van der Waals surface area (Å²) in [6.07, 6.45) is 0. The van der Waals surface area contributed by atoms with Crippen LogP contribution >= 0.6 is 0 Å². The molecule has 0 amide bonds. The predicted octanol–water partition coefficient (Wildman–Crippen LogP) is 4.31. The van der Waals surface area contributed by atoms with Gasteiger partial charge in [0.05, 0.1) is 5.56 Å². The summed E-state index contributed by atoms with van der Waals surface area (Å²) in [5, 5.41) is 4.21. The SMILES string of the molecule is N=Nc1oc2cccc3c2c1-c1ccccc1C3=O. The zero-order valence-corrected chi connectivity index (χ0v) is 9.81. The maximum absolute atomic E-state index is 12.5. The van der Waals surface area contributed by atoms with Gasteiger partial charge in [0, 0.05) is 16.5 Å². The Morgan fingerprint density at radius 3 is 2.47 bits per heavy atom. The molecule has 0 spiro atoms. The summed E-state index contributed by atoms with van der Waals surface area (Å²) in [5.74, 6) is 0.244. The van der Waals surface area contributed by atoms with Crippen LogP contribution in [-0.2, 0) is 0 Å². The van der Waals surface area contributed by atoms with Crippen LogP contribution in [0.15, 0.2) is 52.0 Å². The Labute approximate surface area is 108 Å². The standard InChI is InChI=1S/C15H8N2O2/c16-17-15-13-8-4-1-2-5-9(8)14(18)10-6-3-7-11(19-15)12(10)13/h1-7,16H. The Bertz CT molecular complexity index is 862. The van der Waals surface area contributed by atoms with Crippen molar-refractivity contribution in [1.29, 1.82) is 5.53 Å². The summed E-state index contributed by atoms with van der Waals surface area (Å²) < 4.78 is 5.56. The second-order valence-electron chi connectivity index (χ2n) is 4.45. The molecule has 2 aromatic carbocycles. The lowest BCUT2D eigenvalue weighted by molar-refractivity contribution is 0.104. The summed E-state index contributed by atoms with van der Waals surface area (Å²) in [6, 6.07) is 12.7. The minimum Gasteiger partial charge on any atom is -0.436 e. The molecule has 1 N–H and O–H groups in total. The van der Waals surface area contributed by atoms with E-state index in [1.165, 1.54) is 0 Å². The number of nitrogens with zero attached hydrogens (tertiary/aromatic N) is 1. The van der Waals surface area contributed by atoms with Crippen molar-refractivity contribution in [3.8, 4) is 11.1 Å². The van der Waals surface area contributed by atoms with Gasteiger partial charge in [-0.3, -0.25) is 4.79 Å². The highest BCUT2D eigenvalue weighted by atomic mass is 16.3. The molecule has 0 atom stereocenters. The van der Waals surface area contributed by atoms with Gasteiger partial charge in [-0.1, -0.05) is 36.4 Å². The minimum absolute atomic E-state index is 0.00830. The van der Waals surface area contributed by atoms with Crippen molar-refractivity contribution < 1.29 is 9.21 Å². The molecule has 0 unspecified atom stereocenters. The van der Waals surface area contributed by atoms with Gasteiger partial charge < -0.3 is 4.42 Å². The predicted molar refractivity (Wildman–Crippen MR) is 69.9 cm³/mol. The van der Waals surface area contributed by atoms with Crippen LogP contribution in [-0.4, -0.2) is 5.78 Å². The number of hydrogen-bond acceptors (Lipinski definition) is 4. The normalized spacial score (nSPS) is 12.5. The molecule has 1 aliphatic rings. The fourth-order valence-electron chi connectivity index (χ4n) is 2.70. The maximum atomic E-state index is 12.5. The molecule has 4 heteroatoms. The van der Waals surface area contributed by atoms with Gasteiger partial charge in [0.25, 0.3) is 0 Å². The quantitative estimate of drug-likeness (QED) is 0.510. The molecule has 4 nitrogen and oxygen atoms in total. The molecular weight excluding hydrogens is 240 g/mol. The number of furan rings is 1. The third-order valence-electron chi connectivity index (χ3n) is 3.48. The van der Waals surface area contributed by atoms with E-state index in [9.17, 15) is 4.79 Å². The van der Waals surface area contributed by atoms with Crippen molar-refractivity contribution in [3.05, 3.63) is 53.6 Å². The molecule has 0 aliphatic heterocycles. The monoisotopic (exact) mass is 248 g/mol. The van der Waals surface area contributed by atoms with E-state index in [-0.39, 0.29) is 11.7 Å². The summed E-state index contributed by atoms with van der Waals surface area (Å²) in [4.78, 5) is 12.5. The zero-order chi connectivity index (χ0) is 13.0. The van der Waals surface area contributed by atoms with E-state index >= 15 is 0 Å². The number of hydrogen-bond donors (Lipinski definition) is 1. The molecule has 4 rings (SSSR count). The van der Waals surface area contributed by atoms with Crippen molar-refractivity contribution in [2.24, 2.45) is 5.11 Å². The Morgan fingerprint density at radius 1 is 0.947 bits per heavy atom. The van der Waals surface area contributed by atoms with Crippen LogP contribution in [0.25, 0.3) is 22.1 Å². The van der Waals surface area contributed by atoms with Crippen LogP contribution in [0.5, 0.6) is 0 Å². The number of fused-ring (bicyclic) bond motifs is 2. The van der Waals surface area contributed by atoms with Crippen LogP contribution in [0.1, 0.15) is 15.9 Å². The van der Waals surface area contributed by atoms with Gasteiger partial charge in [0.2, 0.25) is 5.88 Å². The lowest BCUT2D eigenvalue weighted by atomic mass is 9.85. The molecule has 19 heavy (non-hydrogen) atoms. The van der Waals surface area contributed by atoms with Crippen LogP contribution in [0.4, 0.5) is 5.88 Å². The van der Waals surface area contributed by atoms with Gasteiger partial charge in [-0.05, 0) is 11.6 Å². The average molecular weight is 248 g/mol. The van der Waals surface area contributed by atoms with Gasteiger partial charge in [-0.15, -0.1) is 5.11 Å². The van der Waals surface area contributed by atoms with Gasteiger partial charge in [0.15, 0.2) is 5.78 Å². The average Bonchev–Trinajstić information content (AvgIpc) is 2.84. The first-order valence-electron chi connectivity index (χ1n) is 5.88.